The van der Waals surface area contributed by atoms with Gasteiger partial charge in [0.05, 0.1) is 30.7 Å². The van der Waals surface area contributed by atoms with Gasteiger partial charge in [0.25, 0.3) is 0 Å². The highest BCUT2D eigenvalue weighted by Gasteiger charge is 2.35. The van der Waals surface area contributed by atoms with Gasteiger partial charge in [-0.05, 0) is 73.7 Å². The summed E-state index contributed by atoms with van der Waals surface area (Å²) in [5, 5.41) is 10.5. The molecular formula is C29H28F4N2O3. The molecule has 3 atom stereocenters. The van der Waals surface area contributed by atoms with E-state index in [0.29, 0.717) is 41.6 Å². The molecule has 0 amide bonds. The highest BCUT2D eigenvalue weighted by Crippen LogP contribution is 2.35. The standard InChI is InChI=1S/C29H28F4N2O3/c1-38-21-9-11-27-23(17-21)22(12-14-34-27)26(30)10-8-19-13-16-35(18-24(19)28(36)37)15-4-6-20-5-2-3-7-25(20)29(31,32)33/h2-3,5,7,9,11-12,14,17,19,24,26H,8,10,13,15-16,18H2,1H3,(H,36,37)/t19-,24+,26-/m1/s1. The van der Waals surface area contributed by atoms with Gasteiger partial charge in [0.1, 0.15) is 11.9 Å². The summed E-state index contributed by atoms with van der Waals surface area (Å²) in [5.74, 6) is 4.04. The van der Waals surface area contributed by atoms with Crippen molar-refractivity contribution in [3.8, 4) is 17.6 Å². The van der Waals surface area contributed by atoms with Gasteiger partial charge in [0, 0.05) is 23.7 Å². The van der Waals surface area contributed by atoms with Crippen molar-refractivity contribution in [3.05, 3.63) is 71.4 Å². The third-order valence-electron chi connectivity index (χ3n) is 7.03. The van der Waals surface area contributed by atoms with Crippen LogP contribution in [0.25, 0.3) is 10.9 Å². The first-order valence-corrected chi connectivity index (χ1v) is 12.3. The van der Waals surface area contributed by atoms with Crippen LogP contribution in [0.2, 0.25) is 0 Å². The fourth-order valence-corrected chi connectivity index (χ4v) is 4.99. The number of fused-ring (bicyclic) bond motifs is 1. The Bertz CT molecular complexity index is 1350. The minimum Gasteiger partial charge on any atom is -0.497 e. The first-order chi connectivity index (χ1) is 18.2. The molecule has 2 heterocycles. The number of nitrogens with zero attached hydrogens (tertiary/aromatic N) is 2. The monoisotopic (exact) mass is 528 g/mol. The van der Waals surface area contributed by atoms with Crippen molar-refractivity contribution in [1.29, 1.82) is 0 Å². The second-order valence-electron chi connectivity index (χ2n) is 9.40. The molecule has 2 aromatic carbocycles. The average molecular weight is 529 g/mol. The molecule has 38 heavy (non-hydrogen) atoms. The Balaban J connectivity index is 1.39. The topological polar surface area (TPSA) is 62.7 Å². The van der Waals surface area contributed by atoms with Gasteiger partial charge in [0.15, 0.2) is 0 Å². The number of hydrogen-bond donors (Lipinski definition) is 1. The number of halogens is 4. The first-order valence-electron chi connectivity index (χ1n) is 12.3. The summed E-state index contributed by atoms with van der Waals surface area (Å²) in [6.07, 6.45) is -3.14. The van der Waals surface area contributed by atoms with E-state index >= 15 is 4.39 Å². The summed E-state index contributed by atoms with van der Waals surface area (Å²) >= 11 is 0. The van der Waals surface area contributed by atoms with Gasteiger partial charge in [-0.25, -0.2) is 4.39 Å². The number of aromatic nitrogens is 1. The molecule has 1 saturated heterocycles. The number of pyridine rings is 1. The number of benzene rings is 2. The Morgan fingerprint density at radius 3 is 2.76 bits per heavy atom. The number of carboxylic acids is 1. The van der Waals surface area contributed by atoms with Gasteiger partial charge in [-0.15, -0.1) is 0 Å². The molecule has 1 N–H and O–H groups in total. The summed E-state index contributed by atoms with van der Waals surface area (Å²) in [6.45, 7) is 0.900. The number of aliphatic carboxylic acids is 1. The summed E-state index contributed by atoms with van der Waals surface area (Å²) < 4.78 is 60.2. The van der Waals surface area contributed by atoms with Crippen LogP contribution >= 0.6 is 0 Å². The van der Waals surface area contributed by atoms with Crippen LogP contribution in [0.3, 0.4) is 0 Å². The van der Waals surface area contributed by atoms with Crippen molar-refractivity contribution >= 4 is 16.9 Å². The second kappa shape index (κ2) is 11.8. The number of ether oxygens (including phenoxy) is 1. The predicted molar refractivity (Wildman–Crippen MR) is 135 cm³/mol. The lowest BCUT2D eigenvalue weighted by molar-refractivity contribution is -0.146. The number of likely N-dealkylation sites (tertiary alicyclic amines) is 1. The van der Waals surface area contributed by atoms with E-state index in [4.69, 9.17) is 4.74 Å². The predicted octanol–water partition coefficient (Wildman–Crippen LogP) is 6.13. The Labute approximate surface area is 218 Å². The molecule has 1 aliphatic heterocycles. The molecule has 0 unspecified atom stereocenters. The summed E-state index contributed by atoms with van der Waals surface area (Å²) in [6, 6.07) is 12.0. The lowest BCUT2D eigenvalue weighted by atomic mass is 9.81. The Morgan fingerprint density at radius 2 is 2.03 bits per heavy atom. The zero-order chi connectivity index (χ0) is 27.3. The first kappa shape index (κ1) is 27.4. The summed E-state index contributed by atoms with van der Waals surface area (Å²) in [4.78, 5) is 18.1. The third-order valence-corrected chi connectivity index (χ3v) is 7.03. The number of carbonyl (C=O) groups is 1. The number of hydrogen-bond acceptors (Lipinski definition) is 4. The average Bonchev–Trinajstić information content (AvgIpc) is 2.91. The molecule has 9 heteroatoms. The largest absolute Gasteiger partial charge is 0.497 e. The molecular weight excluding hydrogens is 500 g/mol. The molecule has 0 aliphatic carbocycles. The molecule has 0 radical (unpaired) electrons. The smallest absolute Gasteiger partial charge is 0.417 e. The molecule has 1 aliphatic rings. The van der Waals surface area contributed by atoms with E-state index in [1.165, 1.54) is 25.3 Å². The van der Waals surface area contributed by atoms with Crippen molar-refractivity contribution in [3.63, 3.8) is 0 Å². The van der Waals surface area contributed by atoms with Gasteiger partial charge in [0.2, 0.25) is 0 Å². The molecule has 3 aromatic rings. The lowest BCUT2D eigenvalue weighted by Gasteiger charge is -2.35. The van der Waals surface area contributed by atoms with E-state index in [0.717, 1.165) is 6.07 Å². The highest BCUT2D eigenvalue weighted by molar-refractivity contribution is 5.83. The maximum Gasteiger partial charge on any atom is 0.417 e. The van der Waals surface area contributed by atoms with Crippen LogP contribution in [0.1, 0.15) is 42.1 Å². The molecule has 1 aromatic heterocycles. The molecule has 5 nitrogen and oxygen atoms in total. The van der Waals surface area contributed by atoms with Gasteiger partial charge < -0.3 is 9.84 Å². The number of piperidine rings is 1. The normalized spacial score (nSPS) is 19.0. The molecule has 0 bridgehead atoms. The van der Waals surface area contributed by atoms with E-state index in [-0.39, 0.29) is 31.0 Å². The van der Waals surface area contributed by atoms with Crippen LogP contribution in [-0.4, -0.2) is 47.7 Å². The molecule has 1 fully saturated rings. The number of methoxy groups -OCH3 is 1. The molecule has 4 rings (SSSR count). The molecule has 200 valence electrons. The maximum atomic E-state index is 15.4. The molecule has 0 saturated carbocycles. The fraction of sp³-hybridized carbons (Fsp3) is 0.379. The van der Waals surface area contributed by atoms with Crippen molar-refractivity contribution in [1.82, 2.24) is 9.88 Å². The quantitative estimate of drug-likeness (QED) is 0.295. The van der Waals surface area contributed by atoms with Crippen LogP contribution in [0.4, 0.5) is 17.6 Å². The number of carboxylic acid groups (broad SMARTS) is 1. The Kier molecular flexibility index (Phi) is 8.52. The van der Waals surface area contributed by atoms with E-state index < -0.39 is 29.8 Å². The van der Waals surface area contributed by atoms with Gasteiger partial charge >= 0.3 is 12.1 Å². The van der Waals surface area contributed by atoms with E-state index in [2.05, 4.69) is 16.8 Å². The zero-order valence-electron chi connectivity index (χ0n) is 20.8. The van der Waals surface area contributed by atoms with Crippen LogP contribution in [0, 0.1) is 23.7 Å². The molecule has 0 spiro atoms. The zero-order valence-corrected chi connectivity index (χ0v) is 20.8. The van der Waals surface area contributed by atoms with E-state index in [1.807, 2.05) is 4.90 Å². The van der Waals surface area contributed by atoms with Crippen molar-refractivity contribution in [2.24, 2.45) is 11.8 Å². The van der Waals surface area contributed by atoms with Crippen LogP contribution < -0.4 is 4.74 Å². The number of rotatable bonds is 7. The summed E-state index contributed by atoms with van der Waals surface area (Å²) in [7, 11) is 1.54. The van der Waals surface area contributed by atoms with Gasteiger partial charge in [-0.3, -0.25) is 14.7 Å². The minimum absolute atomic E-state index is 0.111. The van der Waals surface area contributed by atoms with E-state index in [1.54, 1.807) is 30.5 Å². The van der Waals surface area contributed by atoms with Crippen LogP contribution in [0.5, 0.6) is 5.75 Å². The SMILES string of the molecule is COc1ccc2nccc([C@H](F)CC[C@@H]3CCN(CC#Cc4ccccc4C(F)(F)F)C[C@@H]3C(=O)O)c2c1. The lowest BCUT2D eigenvalue weighted by Crippen LogP contribution is -2.44. The Hall–Kier alpha value is -3.64. The van der Waals surface area contributed by atoms with Crippen LogP contribution in [0.15, 0.2) is 54.7 Å². The second-order valence-corrected chi connectivity index (χ2v) is 9.40. The highest BCUT2D eigenvalue weighted by atomic mass is 19.4. The van der Waals surface area contributed by atoms with Crippen molar-refractivity contribution in [2.75, 3.05) is 26.7 Å². The third kappa shape index (κ3) is 6.43. The van der Waals surface area contributed by atoms with Gasteiger partial charge in [-0.2, -0.15) is 13.2 Å². The maximum absolute atomic E-state index is 15.4. The van der Waals surface area contributed by atoms with Crippen molar-refractivity contribution in [2.45, 2.75) is 31.6 Å². The number of alkyl halides is 4. The van der Waals surface area contributed by atoms with Crippen molar-refractivity contribution < 1.29 is 32.2 Å². The Morgan fingerprint density at radius 1 is 1.24 bits per heavy atom. The fourth-order valence-electron chi connectivity index (χ4n) is 4.99. The van der Waals surface area contributed by atoms with Gasteiger partial charge in [-0.1, -0.05) is 24.0 Å². The minimum atomic E-state index is -4.50. The van der Waals surface area contributed by atoms with Crippen LogP contribution in [-0.2, 0) is 11.0 Å². The van der Waals surface area contributed by atoms with E-state index in [9.17, 15) is 23.1 Å². The summed E-state index contributed by atoms with van der Waals surface area (Å²) in [5.41, 5.74) is 0.241.